The zero-order valence-electron chi connectivity index (χ0n) is 8.07. The number of carbonyl (C=O) groups excluding carboxylic acids is 1. The first kappa shape index (κ1) is 10.8. The van der Waals surface area contributed by atoms with Crippen molar-refractivity contribution in [1.29, 1.82) is 0 Å². The predicted molar refractivity (Wildman–Crippen MR) is 62.4 cm³/mol. The van der Waals surface area contributed by atoms with Gasteiger partial charge in [-0.2, -0.15) is 11.8 Å². The van der Waals surface area contributed by atoms with Gasteiger partial charge in [-0.05, 0) is 24.3 Å². The summed E-state index contributed by atoms with van der Waals surface area (Å²) in [5.74, 6) is 1.98. The lowest BCUT2D eigenvalue weighted by atomic mass is 10.2. The van der Waals surface area contributed by atoms with Crippen LogP contribution in [0.1, 0.15) is 16.9 Å². The van der Waals surface area contributed by atoms with E-state index in [0.29, 0.717) is 10.7 Å². The molecule has 5 heteroatoms. The van der Waals surface area contributed by atoms with Gasteiger partial charge in [0.25, 0.3) is 5.91 Å². The molecule has 1 fully saturated rings. The van der Waals surface area contributed by atoms with Crippen LogP contribution in [0.15, 0.2) is 18.3 Å². The first-order valence-electron chi connectivity index (χ1n) is 4.76. The third-order valence-corrected chi connectivity index (χ3v) is 3.62. The lowest BCUT2D eigenvalue weighted by Gasteiger charge is -2.10. The van der Waals surface area contributed by atoms with Gasteiger partial charge in [0, 0.05) is 23.0 Å². The molecular formula is C10H11ClN2OS. The molecule has 15 heavy (non-hydrogen) atoms. The molecule has 2 heterocycles. The van der Waals surface area contributed by atoms with E-state index in [1.807, 2.05) is 11.8 Å². The third kappa shape index (κ3) is 2.86. The molecule has 1 atom stereocenters. The second-order valence-electron chi connectivity index (χ2n) is 3.39. The third-order valence-electron chi connectivity index (χ3n) is 2.22. The van der Waals surface area contributed by atoms with Gasteiger partial charge >= 0.3 is 0 Å². The lowest BCUT2D eigenvalue weighted by Crippen LogP contribution is -2.35. The standard InChI is InChI=1S/C10H11ClN2OS/c11-7-1-3-12-9(5-7)10(14)13-8-2-4-15-6-8/h1,3,5,8H,2,4,6H2,(H,13,14). The first-order chi connectivity index (χ1) is 7.25. The largest absolute Gasteiger partial charge is 0.347 e. The minimum absolute atomic E-state index is 0.134. The summed E-state index contributed by atoms with van der Waals surface area (Å²) >= 11 is 7.64. The van der Waals surface area contributed by atoms with Crippen LogP contribution in [0.25, 0.3) is 0 Å². The molecule has 0 bridgehead atoms. The number of rotatable bonds is 2. The fraction of sp³-hybridized carbons (Fsp3) is 0.400. The molecule has 1 N–H and O–H groups in total. The molecule has 1 unspecified atom stereocenters. The zero-order chi connectivity index (χ0) is 10.7. The Morgan fingerprint density at radius 3 is 3.20 bits per heavy atom. The highest BCUT2D eigenvalue weighted by Crippen LogP contribution is 2.17. The highest BCUT2D eigenvalue weighted by Gasteiger charge is 2.18. The van der Waals surface area contributed by atoms with Crippen LogP contribution < -0.4 is 5.32 Å². The molecule has 0 spiro atoms. The summed E-state index contributed by atoms with van der Waals surface area (Å²) in [5, 5.41) is 3.48. The van der Waals surface area contributed by atoms with E-state index in [1.165, 1.54) is 0 Å². The van der Waals surface area contributed by atoms with Crippen LogP contribution in [0.2, 0.25) is 5.02 Å². The van der Waals surface area contributed by atoms with Gasteiger partial charge in [0.2, 0.25) is 0 Å². The molecule has 1 amide bonds. The Hall–Kier alpha value is -0.740. The summed E-state index contributed by atoms with van der Waals surface area (Å²) in [6.45, 7) is 0. The Balaban J connectivity index is 2.01. The average molecular weight is 243 g/mol. The van der Waals surface area contributed by atoms with Gasteiger partial charge in [0.1, 0.15) is 5.69 Å². The SMILES string of the molecule is O=C(NC1CCSC1)c1cc(Cl)ccn1. The molecule has 2 rings (SSSR count). The van der Waals surface area contributed by atoms with E-state index < -0.39 is 0 Å². The van der Waals surface area contributed by atoms with Gasteiger partial charge in [0.15, 0.2) is 0 Å². The second kappa shape index (κ2) is 4.86. The van der Waals surface area contributed by atoms with E-state index in [-0.39, 0.29) is 11.9 Å². The Morgan fingerprint density at radius 2 is 2.53 bits per heavy atom. The number of pyridine rings is 1. The Bertz CT molecular complexity index is 366. The van der Waals surface area contributed by atoms with E-state index >= 15 is 0 Å². The van der Waals surface area contributed by atoms with Crippen molar-refractivity contribution < 1.29 is 4.79 Å². The maximum atomic E-state index is 11.7. The lowest BCUT2D eigenvalue weighted by molar-refractivity contribution is 0.0936. The Morgan fingerprint density at radius 1 is 1.67 bits per heavy atom. The monoisotopic (exact) mass is 242 g/mol. The maximum Gasteiger partial charge on any atom is 0.270 e. The van der Waals surface area contributed by atoms with Gasteiger partial charge in [0.05, 0.1) is 0 Å². The Kier molecular flexibility index (Phi) is 3.49. The minimum atomic E-state index is -0.134. The second-order valence-corrected chi connectivity index (χ2v) is 4.98. The van der Waals surface area contributed by atoms with Crippen LogP contribution in [0, 0.1) is 0 Å². The number of aromatic nitrogens is 1. The van der Waals surface area contributed by atoms with E-state index in [1.54, 1.807) is 18.3 Å². The molecule has 3 nitrogen and oxygen atoms in total. The summed E-state index contributed by atoms with van der Waals surface area (Å²) < 4.78 is 0. The minimum Gasteiger partial charge on any atom is -0.347 e. The fourth-order valence-corrected chi connectivity index (χ4v) is 2.75. The molecule has 1 aliphatic heterocycles. The number of hydrogen-bond acceptors (Lipinski definition) is 3. The van der Waals surface area contributed by atoms with E-state index in [2.05, 4.69) is 10.3 Å². The number of nitrogens with zero attached hydrogens (tertiary/aromatic N) is 1. The van der Waals surface area contributed by atoms with Gasteiger partial charge in [-0.1, -0.05) is 11.6 Å². The summed E-state index contributed by atoms with van der Waals surface area (Å²) in [7, 11) is 0. The molecule has 0 saturated carbocycles. The van der Waals surface area contributed by atoms with E-state index in [9.17, 15) is 4.79 Å². The number of nitrogens with one attached hydrogen (secondary N) is 1. The van der Waals surface area contributed by atoms with E-state index in [4.69, 9.17) is 11.6 Å². The van der Waals surface area contributed by atoms with Gasteiger partial charge in [-0.15, -0.1) is 0 Å². The smallest absolute Gasteiger partial charge is 0.270 e. The summed E-state index contributed by atoms with van der Waals surface area (Å²) in [4.78, 5) is 15.7. The van der Waals surface area contributed by atoms with Crippen LogP contribution in [0.5, 0.6) is 0 Å². The number of carbonyl (C=O) groups is 1. The summed E-state index contributed by atoms with van der Waals surface area (Å²) in [6.07, 6.45) is 2.58. The Labute approximate surface area is 97.6 Å². The molecule has 0 aromatic carbocycles. The van der Waals surface area contributed by atoms with Crippen molar-refractivity contribution in [3.05, 3.63) is 29.0 Å². The topological polar surface area (TPSA) is 42.0 Å². The molecule has 1 saturated heterocycles. The molecular weight excluding hydrogens is 232 g/mol. The zero-order valence-corrected chi connectivity index (χ0v) is 9.64. The van der Waals surface area contributed by atoms with Crippen molar-refractivity contribution in [1.82, 2.24) is 10.3 Å². The first-order valence-corrected chi connectivity index (χ1v) is 6.29. The molecule has 0 aliphatic carbocycles. The van der Waals surface area contributed by atoms with Gasteiger partial charge < -0.3 is 5.32 Å². The van der Waals surface area contributed by atoms with Crippen LogP contribution in [-0.2, 0) is 0 Å². The summed E-state index contributed by atoms with van der Waals surface area (Å²) in [6, 6.07) is 3.52. The van der Waals surface area contributed by atoms with Gasteiger partial charge in [-0.3, -0.25) is 9.78 Å². The molecule has 1 aromatic heterocycles. The van der Waals surface area contributed by atoms with Crippen molar-refractivity contribution in [3.63, 3.8) is 0 Å². The predicted octanol–water partition coefficient (Wildman–Crippen LogP) is 1.97. The number of amides is 1. The van der Waals surface area contributed by atoms with Crippen LogP contribution in [-0.4, -0.2) is 28.4 Å². The molecule has 1 aliphatic rings. The average Bonchev–Trinajstić information content (AvgIpc) is 2.70. The fourth-order valence-electron chi connectivity index (χ4n) is 1.44. The molecule has 80 valence electrons. The van der Waals surface area contributed by atoms with Crippen LogP contribution in [0.3, 0.4) is 0 Å². The van der Waals surface area contributed by atoms with Gasteiger partial charge in [-0.25, -0.2) is 0 Å². The van der Waals surface area contributed by atoms with Crippen molar-refractivity contribution in [2.75, 3.05) is 11.5 Å². The summed E-state index contributed by atoms with van der Waals surface area (Å²) in [5.41, 5.74) is 0.388. The highest BCUT2D eigenvalue weighted by molar-refractivity contribution is 7.99. The van der Waals surface area contributed by atoms with Crippen molar-refractivity contribution in [2.45, 2.75) is 12.5 Å². The number of thioether (sulfide) groups is 1. The van der Waals surface area contributed by atoms with Crippen LogP contribution in [0.4, 0.5) is 0 Å². The number of halogens is 1. The normalized spacial score (nSPS) is 20.2. The quantitative estimate of drug-likeness (QED) is 0.862. The van der Waals surface area contributed by atoms with E-state index in [0.717, 1.165) is 17.9 Å². The van der Waals surface area contributed by atoms with Crippen molar-refractivity contribution in [3.8, 4) is 0 Å². The molecule has 1 aromatic rings. The highest BCUT2D eigenvalue weighted by atomic mass is 35.5. The van der Waals surface area contributed by atoms with Crippen LogP contribution >= 0.6 is 23.4 Å². The number of hydrogen-bond donors (Lipinski definition) is 1. The molecule has 0 radical (unpaired) electrons. The van der Waals surface area contributed by atoms with Crippen molar-refractivity contribution in [2.24, 2.45) is 0 Å². The maximum absolute atomic E-state index is 11.7. The van der Waals surface area contributed by atoms with Crippen molar-refractivity contribution >= 4 is 29.3 Å².